The van der Waals surface area contributed by atoms with E-state index in [9.17, 15) is 0 Å². The van der Waals surface area contributed by atoms with Crippen LogP contribution in [0.5, 0.6) is 0 Å². The van der Waals surface area contributed by atoms with Crippen LogP contribution < -0.4 is 5.32 Å². The summed E-state index contributed by atoms with van der Waals surface area (Å²) in [5.41, 5.74) is 1.19. The van der Waals surface area contributed by atoms with Crippen LogP contribution in [0.25, 0.3) is 0 Å². The smallest absolute Gasteiger partial charge is 0.0587 e. The zero-order chi connectivity index (χ0) is 10.4. The van der Waals surface area contributed by atoms with Crippen LogP contribution in [0.3, 0.4) is 0 Å². The fourth-order valence-corrected chi connectivity index (χ4v) is 1.52. The first kappa shape index (κ1) is 11.5. The number of hydrogen-bond acceptors (Lipinski definition) is 2. The van der Waals surface area contributed by atoms with Gasteiger partial charge in [0.1, 0.15) is 0 Å². The van der Waals surface area contributed by atoms with E-state index in [1.54, 1.807) is 0 Å². The van der Waals surface area contributed by atoms with E-state index in [1.165, 1.54) is 5.56 Å². The third-order valence-electron chi connectivity index (χ3n) is 2.11. The number of rotatable bonds is 5. The lowest BCUT2D eigenvalue weighted by Crippen LogP contribution is -2.34. The van der Waals surface area contributed by atoms with Crippen LogP contribution in [0.2, 0.25) is 5.02 Å². The van der Waals surface area contributed by atoms with E-state index in [0.29, 0.717) is 0 Å². The Kier molecular flexibility index (Phi) is 4.94. The summed E-state index contributed by atoms with van der Waals surface area (Å²) in [6.45, 7) is 3.07. The van der Waals surface area contributed by atoms with Gasteiger partial charge in [-0.2, -0.15) is 0 Å². The molecule has 1 aromatic rings. The third-order valence-corrected chi connectivity index (χ3v) is 2.36. The molecule has 1 aromatic carbocycles. The molecular formula is C11H16ClNO. The molecule has 0 saturated heterocycles. The molecule has 0 bridgehead atoms. The maximum Gasteiger partial charge on any atom is 0.0587 e. The minimum atomic E-state index is 0.140. The molecule has 0 aliphatic rings. The van der Waals surface area contributed by atoms with Gasteiger partial charge in [0.15, 0.2) is 0 Å². The molecule has 78 valence electrons. The number of halogens is 1. The Morgan fingerprint density at radius 2 is 2.00 bits per heavy atom. The number of aliphatic hydroxyl groups is 1. The Morgan fingerprint density at radius 1 is 1.36 bits per heavy atom. The van der Waals surface area contributed by atoms with Crippen molar-refractivity contribution in [2.45, 2.75) is 19.4 Å². The standard InChI is InChI=1S/C11H16ClNO/c1-2-13-11(8-14)7-9-3-5-10(12)6-4-9/h3-6,11,13-14H,2,7-8H2,1H3/t11-/m1/s1. The normalized spacial score (nSPS) is 12.8. The van der Waals surface area contributed by atoms with Crippen molar-refractivity contribution in [2.75, 3.05) is 13.2 Å². The molecule has 0 aromatic heterocycles. The van der Waals surface area contributed by atoms with E-state index in [-0.39, 0.29) is 12.6 Å². The van der Waals surface area contributed by atoms with Crippen molar-refractivity contribution in [1.82, 2.24) is 5.32 Å². The molecule has 0 saturated carbocycles. The Hall–Kier alpha value is -0.570. The Morgan fingerprint density at radius 3 is 2.50 bits per heavy atom. The Balaban J connectivity index is 2.53. The predicted octanol–water partition coefficient (Wildman–Crippen LogP) is 1.85. The number of benzene rings is 1. The highest BCUT2D eigenvalue weighted by Gasteiger charge is 2.05. The van der Waals surface area contributed by atoms with Crippen LogP contribution in [-0.2, 0) is 6.42 Å². The summed E-state index contributed by atoms with van der Waals surface area (Å²) in [6.07, 6.45) is 0.835. The van der Waals surface area contributed by atoms with Crippen LogP contribution in [0.4, 0.5) is 0 Å². The highest BCUT2D eigenvalue weighted by Crippen LogP contribution is 2.10. The summed E-state index contributed by atoms with van der Waals surface area (Å²) in [7, 11) is 0. The van der Waals surface area contributed by atoms with Crippen molar-refractivity contribution in [3.8, 4) is 0 Å². The van der Waals surface area contributed by atoms with Crippen molar-refractivity contribution in [3.63, 3.8) is 0 Å². The second-order valence-corrected chi connectivity index (χ2v) is 3.70. The van der Waals surface area contributed by atoms with Gasteiger partial charge in [-0.05, 0) is 30.7 Å². The lowest BCUT2D eigenvalue weighted by molar-refractivity contribution is 0.243. The summed E-state index contributed by atoms with van der Waals surface area (Å²) < 4.78 is 0. The van der Waals surface area contributed by atoms with E-state index < -0.39 is 0 Å². The van der Waals surface area contributed by atoms with E-state index >= 15 is 0 Å². The molecular weight excluding hydrogens is 198 g/mol. The molecule has 2 N–H and O–H groups in total. The molecule has 0 amide bonds. The summed E-state index contributed by atoms with van der Waals surface area (Å²) in [6, 6.07) is 7.86. The zero-order valence-electron chi connectivity index (χ0n) is 8.33. The molecule has 0 unspecified atom stereocenters. The summed E-state index contributed by atoms with van der Waals surface area (Å²) in [4.78, 5) is 0. The highest BCUT2D eigenvalue weighted by atomic mass is 35.5. The minimum Gasteiger partial charge on any atom is -0.395 e. The molecule has 0 radical (unpaired) electrons. The molecule has 0 fully saturated rings. The first-order valence-corrected chi connectivity index (χ1v) is 5.22. The van der Waals surface area contributed by atoms with Crippen molar-refractivity contribution in [1.29, 1.82) is 0 Å². The van der Waals surface area contributed by atoms with E-state index in [1.807, 2.05) is 31.2 Å². The van der Waals surface area contributed by atoms with Crippen LogP contribution in [0.15, 0.2) is 24.3 Å². The molecule has 0 aliphatic carbocycles. The second kappa shape index (κ2) is 6.02. The zero-order valence-corrected chi connectivity index (χ0v) is 9.09. The maximum absolute atomic E-state index is 9.08. The van der Waals surface area contributed by atoms with Crippen LogP contribution in [-0.4, -0.2) is 24.3 Å². The quantitative estimate of drug-likeness (QED) is 0.783. The van der Waals surface area contributed by atoms with Gasteiger partial charge in [0, 0.05) is 11.1 Å². The van der Waals surface area contributed by atoms with E-state index in [2.05, 4.69) is 5.32 Å². The van der Waals surface area contributed by atoms with Crippen molar-refractivity contribution in [3.05, 3.63) is 34.9 Å². The maximum atomic E-state index is 9.08. The van der Waals surface area contributed by atoms with Crippen molar-refractivity contribution < 1.29 is 5.11 Å². The van der Waals surface area contributed by atoms with Crippen molar-refractivity contribution in [2.24, 2.45) is 0 Å². The topological polar surface area (TPSA) is 32.3 Å². The van der Waals surface area contributed by atoms with Gasteiger partial charge in [-0.1, -0.05) is 30.7 Å². The highest BCUT2D eigenvalue weighted by molar-refractivity contribution is 6.30. The molecule has 0 heterocycles. The molecule has 2 nitrogen and oxygen atoms in total. The fourth-order valence-electron chi connectivity index (χ4n) is 1.39. The minimum absolute atomic E-state index is 0.140. The van der Waals surface area contributed by atoms with Crippen LogP contribution >= 0.6 is 11.6 Å². The summed E-state index contributed by atoms with van der Waals surface area (Å²) >= 11 is 5.78. The second-order valence-electron chi connectivity index (χ2n) is 3.27. The molecule has 0 spiro atoms. The molecule has 0 aliphatic heterocycles. The lowest BCUT2D eigenvalue weighted by Gasteiger charge is -2.14. The van der Waals surface area contributed by atoms with Gasteiger partial charge >= 0.3 is 0 Å². The lowest BCUT2D eigenvalue weighted by atomic mass is 10.1. The first-order valence-electron chi connectivity index (χ1n) is 4.85. The number of hydrogen-bond donors (Lipinski definition) is 2. The average molecular weight is 214 g/mol. The summed E-state index contributed by atoms with van der Waals surface area (Å²) in [5.74, 6) is 0. The molecule has 1 rings (SSSR count). The van der Waals surface area contributed by atoms with E-state index in [4.69, 9.17) is 16.7 Å². The van der Waals surface area contributed by atoms with Gasteiger partial charge in [-0.25, -0.2) is 0 Å². The van der Waals surface area contributed by atoms with Crippen LogP contribution in [0, 0.1) is 0 Å². The first-order chi connectivity index (χ1) is 6.76. The van der Waals surface area contributed by atoms with Gasteiger partial charge < -0.3 is 10.4 Å². The molecule has 3 heteroatoms. The number of nitrogens with one attached hydrogen (secondary N) is 1. The van der Waals surface area contributed by atoms with Gasteiger partial charge in [-0.3, -0.25) is 0 Å². The van der Waals surface area contributed by atoms with Crippen molar-refractivity contribution >= 4 is 11.6 Å². The van der Waals surface area contributed by atoms with Gasteiger partial charge in [0.05, 0.1) is 6.61 Å². The average Bonchev–Trinajstić information content (AvgIpc) is 2.20. The Labute approximate surface area is 89.9 Å². The van der Waals surface area contributed by atoms with Crippen LogP contribution in [0.1, 0.15) is 12.5 Å². The third kappa shape index (κ3) is 3.66. The summed E-state index contributed by atoms with van der Waals surface area (Å²) in [5, 5.41) is 13.0. The molecule has 1 atom stereocenters. The number of likely N-dealkylation sites (N-methyl/N-ethyl adjacent to an activating group) is 1. The van der Waals surface area contributed by atoms with Gasteiger partial charge in [0.2, 0.25) is 0 Å². The van der Waals surface area contributed by atoms with E-state index in [0.717, 1.165) is 18.0 Å². The fraction of sp³-hybridized carbons (Fsp3) is 0.455. The van der Waals surface area contributed by atoms with Gasteiger partial charge in [0.25, 0.3) is 0 Å². The number of aliphatic hydroxyl groups excluding tert-OH is 1. The monoisotopic (exact) mass is 213 g/mol. The van der Waals surface area contributed by atoms with Gasteiger partial charge in [-0.15, -0.1) is 0 Å². The SMILES string of the molecule is CCN[C@@H](CO)Cc1ccc(Cl)cc1. The largest absolute Gasteiger partial charge is 0.395 e. The predicted molar refractivity (Wildman–Crippen MR) is 59.7 cm³/mol. The molecule has 14 heavy (non-hydrogen) atoms. The Bertz CT molecular complexity index is 260.